The predicted octanol–water partition coefficient (Wildman–Crippen LogP) is 4.63. The van der Waals surface area contributed by atoms with Gasteiger partial charge in [-0.3, -0.25) is 4.79 Å². The summed E-state index contributed by atoms with van der Waals surface area (Å²) in [5.74, 6) is 0.171. The number of aromatic nitrogens is 1. The summed E-state index contributed by atoms with van der Waals surface area (Å²) >= 11 is 0. The molecule has 0 radical (unpaired) electrons. The van der Waals surface area contributed by atoms with E-state index in [2.05, 4.69) is 53.6 Å². The van der Waals surface area contributed by atoms with Crippen LogP contribution in [-0.4, -0.2) is 17.4 Å². The topological polar surface area (TPSA) is 58.0 Å². The molecule has 2 N–H and O–H groups in total. The van der Waals surface area contributed by atoms with E-state index in [1.807, 2.05) is 18.3 Å². The molecule has 4 rings (SSSR count). The Hall–Kier alpha value is -3.27. The highest BCUT2D eigenvalue weighted by Crippen LogP contribution is 2.30. The lowest BCUT2D eigenvalue weighted by Gasteiger charge is -2.18. The number of fused-ring (bicyclic) bond motifs is 1. The number of amides is 1. The van der Waals surface area contributed by atoms with Crippen LogP contribution in [0.25, 0.3) is 10.9 Å². The van der Waals surface area contributed by atoms with E-state index in [1.54, 1.807) is 12.1 Å². The minimum absolute atomic E-state index is 0.0469. The summed E-state index contributed by atoms with van der Waals surface area (Å²) in [6.45, 7) is 2.56. The van der Waals surface area contributed by atoms with Crippen molar-refractivity contribution >= 4 is 16.8 Å². The molecule has 2 aromatic heterocycles. The summed E-state index contributed by atoms with van der Waals surface area (Å²) in [5, 5.41) is 4.18. The van der Waals surface area contributed by atoms with Gasteiger partial charge in [-0.15, -0.1) is 0 Å². The van der Waals surface area contributed by atoms with Crippen molar-refractivity contribution in [3.05, 3.63) is 95.6 Å². The predicted molar refractivity (Wildman–Crippen MR) is 102 cm³/mol. The van der Waals surface area contributed by atoms with Crippen molar-refractivity contribution in [2.75, 3.05) is 6.54 Å². The fourth-order valence-corrected chi connectivity index (χ4v) is 3.28. The Kier molecular flexibility index (Phi) is 4.32. The number of hydrogen-bond acceptors (Lipinski definition) is 2. The Morgan fingerprint density at radius 3 is 2.65 bits per heavy atom. The maximum atomic E-state index is 12.3. The number of nitrogens with one attached hydrogen (secondary N) is 2. The lowest BCUT2D eigenvalue weighted by molar-refractivity contribution is 0.0925. The quantitative estimate of drug-likeness (QED) is 0.554. The molecule has 2 aromatic carbocycles. The van der Waals surface area contributed by atoms with Gasteiger partial charge in [-0.25, -0.2) is 0 Å². The first kappa shape index (κ1) is 16.2. The molecular formula is C22H20N2O2. The number of hydrogen-bond donors (Lipinski definition) is 2. The number of para-hydroxylation sites is 1. The number of furan rings is 1. The van der Waals surface area contributed by atoms with Gasteiger partial charge in [-0.2, -0.15) is 0 Å². The van der Waals surface area contributed by atoms with Crippen LogP contribution < -0.4 is 5.32 Å². The summed E-state index contributed by atoms with van der Waals surface area (Å²) in [5.41, 5.74) is 4.65. The summed E-state index contributed by atoms with van der Waals surface area (Å²) in [4.78, 5) is 15.6. The van der Waals surface area contributed by atoms with E-state index in [0.717, 1.165) is 5.52 Å². The standard InChI is InChI=1S/C22H20N2O2/c1-15-8-10-16(11-9-15)18(13-24-22(25)21-7-4-12-26-21)19-14-23-20-6-3-2-5-17(19)20/h2-12,14,18,23H,13H2,1H3,(H,24,25). The highest BCUT2D eigenvalue weighted by molar-refractivity contribution is 5.91. The van der Waals surface area contributed by atoms with Crippen LogP contribution in [0.2, 0.25) is 0 Å². The second kappa shape index (κ2) is 6.92. The molecule has 0 aliphatic heterocycles. The zero-order valence-corrected chi connectivity index (χ0v) is 14.5. The van der Waals surface area contributed by atoms with Crippen LogP contribution in [0.15, 0.2) is 77.5 Å². The van der Waals surface area contributed by atoms with E-state index in [-0.39, 0.29) is 11.8 Å². The molecule has 0 spiro atoms. The van der Waals surface area contributed by atoms with Gasteiger partial charge in [0.15, 0.2) is 5.76 Å². The van der Waals surface area contributed by atoms with Crippen molar-refractivity contribution in [1.29, 1.82) is 0 Å². The van der Waals surface area contributed by atoms with Crippen molar-refractivity contribution in [2.45, 2.75) is 12.8 Å². The molecule has 1 amide bonds. The average Bonchev–Trinajstić information content (AvgIpc) is 3.33. The zero-order chi connectivity index (χ0) is 17.9. The maximum absolute atomic E-state index is 12.3. The second-order valence-corrected chi connectivity index (χ2v) is 6.44. The van der Waals surface area contributed by atoms with Gasteiger partial charge >= 0.3 is 0 Å². The lowest BCUT2D eigenvalue weighted by atomic mass is 9.90. The lowest BCUT2D eigenvalue weighted by Crippen LogP contribution is -2.28. The van der Waals surface area contributed by atoms with E-state index < -0.39 is 0 Å². The molecule has 4 heteroatoms. The molecule has 0 saturated heterocycles. The Morgan fingerprint density at radius 2 is 1.88 bits per heavy atom. The first-order chi connectivity index (χ1) is 12.7. The first-order valence-corrected chi connectivity index (χ1v) is 8.66. The van der Waals surface area contributed by atoms with E-state index in [1.165, 1.54) is 28.3 Å². The van der Waals surface area contributed by atoms with E-state index in [0.29, 0.717) is 12.3 Å². The molecule has 0 bridgehead atoms. The average molecular weight is 344 g/mol. The van der Waals surface area contributed by atoms with Crippen molar-refractivity contribution in [2.24, 2.45) is 0 Å². The molecule has 130 valence electrons. The number of carbonyl (C=O) groups is 1. The van der Waals surface area contributed by atoms with Gasteiger partial charge in [0.05, 0.1) is 6.26 Å². The fourth-order valence-electron chi connectivity index (χ4n) is 3.28. The van der Waals surface area contributed by atoms with Crippen molar-refractivity contribution < 1.29 is 9.21 Å². The van der Waals surface area contributed by atoms with Crippen LogP contribution in [-0.2, 0) is 0 Å². The molecule has 26 heavy (non-hydrogen) atoms. The monoisotopic (exact) mass is 344 g/mol. The van der Waals surface area contributed by atoms with Gasteiger partial charge in [0, 0.05) is 29.6 Å². The minimum atomic E-state index is -0.202. The molecule has 4 aromatic rings. The van der Waals surface area contributed by atoms with Gasteiger partial charge in [0.25, 0.3) is 5.91 Å². The normalized spacial score (nSPS) is 12.2. The Balaban J connectivity index is 1.67. The molecular weight excluding hydrogens is 324 g/mol. The van der Waals surface area contributed by atoms with Crippen LogP contribution in [0.5, 0.6) is 0 Å². The number of aryl methyl sites for hydroxylation is 1. The number of benzene rings is 2. The van der Waals surface area contributed by atoms with Crippen LogP contribution in [0.3, 0.4) is 0 Å². The number of H-pyrrole nitrogens is 1. The second-order valence-electron chi connectivity index (χ2n) is 6.44. The molecule has 1 atom stereocenters. The highest BCUT2D eigenvalue weighted by Gasteiger charge is 2.20. The molecule has 0 aliphatic carbocycles. The van der Waals surface area contributed by atoms with Gasteiger partial charge in [0.2, 0.25) is 0 Å². The van der Waals surface area contributed by atoms with Gasteiger partial charge in [-0.05, 0) is 36.2 Å². The van der Waals surface area contributed by atoms with Gasteiger partial charge in [-0.1, -0.05) is 48.0 Å². The van der Waals surface area contributed by atoms with E-state index in [4.69, 9.17) is 4.42 Å². The Labute approximate surface area is 151 Å². The molecule has 2 heterocycles. The highest BCUT2D eigenvalue weighted by atomic mass is 16.3. The van der Waals surface area contributed by atoms with Crippen molar-refractivity contribution in [3.63, 3.8) is 0 Å². The molecule has 4 nitrogen and oxygen atoms in total. The number of carbonyl (C=O) groups excluding carboxylic acids is 1. The van der Waals surface area contributed by atoms with Crippen molar-refractivity contribution in [1.82, 2.24) is 10.3 Å². The summed E-state index contributed by atoms with van der Waals surface area (Å²) in [7, 11) is 0. The number of aromatic amines is 1. The largest absolute Gasteiger partial charge is 0.459 e. The van der Waals surface area contributed by atoms with E-state index >= 15 is 0 Å². The first-order valence-electron chi connectivity index (χ1n) is 8.66. The Morgan fingerprint density at radius 1 is 1.08 bits per heavy atom. The minimum Gasteiger partial charge on any atom is -0.459 e. The SMILES string of the molecule is Cc1ccc(C(CNC(=O)c2ccco2)c2c[nH]c3ccccc23)cc1. The van der Waals surface area contributed by atoms with Gasteiger partial charge in [0.1, 0.15) is 0 Å². The van der Waals surface area contributed by atoms with Crippen LogP contribution in [0.4, 0.5) is 0 Å². The molecule has 1 unspecified atom stereocenters. The molecule has 0 aliphatic rings. The third-order valence-corrected chi connectivity index (χ3v) is 4.69. The van der Waals surface area contributed by atoms with Crippen LogP contribution in [0.1, 0.15) is 33.2 Å². The summed E-state index contributed by atoms with van der Waals surface area (Å²) < 4.78 is 5.19. The van der Waals surface area contributed by atoms with E-state index in [9.17, 15) is 4.79 Å². The van der Waals surface area contributed by atoms with Crippen LogP contribution in [0, 0.1) is 6.92 Å². The number of rotatable bonds is 5. The molecule has 0 fully saturated rings. The zero-order valence-electron chi connectivity index (χ0n) is 14.5. The smallest absolute Gasteiger partial charge is 0.287 e. The third-order valence-electron chi connectivity index (χ3n) is 4.69. The fraction of sp³-hybridized carbons (Fsp3) is 0.136. The van der Waals surface area contributed by atoms with Gasteiger partial charge < -0.3 is 14.7 Å². The van der Waals surface area contributed by atoms with Crippen LogP contribution >= 0.6 is 0 Å². The maximum Gasteiger partial charge on any atom is 0.287 e. The summed E-state index contributed by atoms with van der Waals surface area (Å²) in [6, 6.07) is 20.1. The molecule has 0 saturated carbocycles. The Bertz CT molecular complexity index is 1010. The van der Waals surface area contributed by atoms with Crippen molar-refractivity contribution in [3.8, 4) is 0 Å². The summed E-state index contributed by atoms with van der Waals surface area (Å²) in [6.07, 6.45) is 3.54. The third kappa shape index (κ3) is 3.14.